The first kappa shape index (κ1) is 10.3. The van der Waals surface area contributed by atoms with Crippen molar-refractivity contribution in [2.24, 2.45) is 5.92 Å². The first-order valence-electron chi connectivity index (χ1n) is 4.66. The van der Waals surface area contributed by atoms with Crippen LogP contribution in [0.4, 0.5) is 4.79 Å². The lowest BCUT2D eigenvalue weighted by molar-refractivity contribution is 0.232. The minimum atomic E-state index is -0.194. The van der Waals surface area contributed by atoms with Crippen LogP contribution in [0.15, 0.2) is 0 Å². The molecule has 1 fully saturated rings. The summed E-state index contributed by atoms with van der Waals surface area (Å²) in [7, 11) is 0. The van der Waals surface area contributed by atoms with Crippen LogP contribution in [0.25, 0.3) is 0 Å². The third-order valence-corrected chi connectivity index (χ3v) is 2.11. The van der Waals surface area contributed by atoms with E-state index in [9.17, 15) is 4.79 Å². The summed E-state index contributed by atoms with van der Waals surface area (Å²) in [6.45, 7) is 3.04. The minimum Gasteiger partial charge on any atom is -0.395 e. The first-order valence-corrected chi connectivity index (χ1v) is 4.66. The number of hydrogen-bond donors (Lipinski definition) is 4. The van der Waals surface area contributed by atoms with Gasteiger partial charge in [-0.05, 0) is 25.4 Å². The van der Waals surface area contributed by atoms with E-state index < -0.39 is 0 Å². The largest absolute Gasteiger partial charge is 0.395 e. The molecule has 0 aliphatic carbocycles. The SMILES string of the molecule is O=C(NCCO)NCC1CCNC1. The molecule has 13 heavy (non-hydrogen) atoms. The molecular weight excluding hydrogens is 170 g/mol. The Morgan fingerprint density at radius 1 is 1.54 bits per heavy atom. The Morgan fingerprint density at radius 2 is 2.38 bits per heavy atom. The van der Waals surface area contributed by atoms with E-state index in [-0.39, 0.29) is 12.6 Å². The van der Waals surface area contributed by atoms with Gasteiger partial charge in [0.05, 0.1) is 6.61 Å². The molecular formula is C8H17N3O2. The van der Waals surface area contributed by atoms with Crippen molar-refractivity contribution in [3.63, 3.8) is 0 Å². The third-order valence-electron chi connectivity index (χ3n) is 2.11. The molecule has 1 rings (SSSR count). The van der Waals surface area contributed by atoms with E-state index in [4.69, 9.17) is 5.11 Å². The summed E-state index contributed by atoms with van der Waals surface area (Å²) in [6, 6.07) is -0.194. The van der Waals surface area contributed by atoms with Crippen LogP contribution in [0, 0.1) is 5.92 Å². The average molecular weight is 187 g/mol. The van der Waals surface area contributed by atoms with Gasteiger partial charge in [0.15, 0.2) is 0 Å². The van der Waals surface area contributed by atoms with Gasteiger partial charge in [0, 0.05) is 13.1 Å². The molecule has 1 aliphatic heterocycles. The second kappa shape index (κ2) is 5.77. The van der Waals surface area contributed by atoms with Gasteiger partial charge < -0.3 is 21.1 Å². The van der Waals surface area contributed by atoms with Crippen LogP contribution in [0.2, 0.25) is 0 Å². The number of nitrogens with one attached hydrogen (secondary N) is 3. The van der Waals surface area contributed by atoms with E-state index in [2.05, 4.69) is 16.0 Å². The fourth-order valence-corrected chi connectivity index (χ4v) is 1.36. The predicted molar refractivity (Wildman–Crippen MR) is 49.5 cm³/mol. The van der Waals surface area contributed by atoms with Crippen LogP contribution in [-0.4, -0.2) is 43.9 Å². The lowest BCUT2D eigenvalue weighted by Gasteiger charge is -2.10. The average Bonchev–Trinajstić information content (AvgIpc) is 2.64. The molecule has 1 unspecified atom stereocenters. The van der Waals surface area contributed by atoms with E-state index >= 15 is 0 Å². The molecule has 1 heterocycles. The van der Waals surface area contributed by atoms with Crippen LogP contribution in [0.5, 0.6) is 0 Å². The molecule has 76 valence electrons. The molecule has 0 radical (unpaired) electrons. The number of hydrogen-bond acceptors (Lipinski definition) is 3. The van der Waals surface area contributed by atoms with Gasteiger partial charge in [-0.15, -0.1) is 0 Å². The molecule has 5 nitrogen and oxygen atoms in total. The maximum Gasteiger partial charge on any atom is 0.314 e. The second-order valence-corrected chi connectivity index (χ2v) is 3.22. The van der Waals surface area contributed by atoms with E-state index in [0.717, 1.165) is 19.5 Å². The fraction of sp³-hybridized carbons (Fsp3) is 0.875. The molecule has 0 saturated carbocycles. The number of carbonyl (C=O) groups is 1. The number of amides is 2. The fourth-order valence-electron chi connectivity index (χ4n) is 1.36. The van der Waals surface area contributed by atoms with Gasteiger partial charge in [0.1, 0.15) is 0 Å². The standard InChI is InChI=1S/C8H17N3O2/c12-4-3-10-8(13)11-6-7-1-2-9-5-7/h7,9,12H,1-6H2,(H2,10,11,13). The molecule has 5 heteroatoms. The molecule has 1 saturated heterocycles. The van der Waals surface area contributed by atoms with Gasteiger partial charge in [-0.25, -0.2) is 4.79 Å². The third kappa shape index (κ3) is 4.10. The first-order chi connectivity index (χ1) is 6.33. The van der Waals surface area contributed by atoms with E-state index in [1.807, 2.05) is 0 Å². The Labute approximate surface area is 77.9 Å². The summed E-state index contributed by atoms with van der Waals surface area (Å²) in [6.07, 6.45) is 1.13. The van der Waals surface area contributed by atoms with Gasteiger partial charge in [-0.2, -0.15) is 0 Å². The molecule has 1 aliphatic rings. The molecule has 0 aromatic heterocycles. The normalized spacial score (nSPS) is 21.5. The highest BCUT2D eigenvalue weighted by atomic mass is 16.3. The van der Waals surface area contributed by atoms with E-state index in [0.29, 0.717) is 19.0 Å². The zero-order chi connectivity index (χ0) is 9.52. The molecule has 0 aromatic carbocycles. The maximum atomic E-state index is 11.0. The van der Waals surface area contributed by atoms with Crippen molar-refractivity contribution in [3.8, 4) is 0 Å². The smallest absolute Gasteiger partial charge is 0.314 e. The summed E-state index contributed by atoms with van der Waals surface area (Å²) < 4.78 is 0. The highest BCUT2D eigenvalue weighted by Crippen LogP contribution is 2.04. The summed E-state index contributed by atoms with van der Waals surface area (Å²) in [5, 5.41) is 17.0. The van der Waals surface area contributed by atoms with Crippen LogP contribution in [-0.2, 0) is 0 Å². The van der Waals surface area contributed by atoms with Crippen molar-refractivity contribution < 1.29 is 9.90 Å². The van der Waals surface area contributed by atoms with Crippen molar-refractivity contribution in [2.45, 2.75) is 6.42 Å². The summed E-state index contributed by atoms with van der Waals surface area (Å²) in [4.78, 5) is 11.0. The molecule has 0 bridgehead atoms. The lowest BCUT2D eigenvalue weighted by atomic mass is 10.1. The Bertz CT molecular complexity index is 157. The van der Waals surface area contributed by atoms with Crippen LogP contribution < -0.4 is 16.0 Å². The maximum absolute atomic E-state index is 11.0. The zero-order valence-corrected chi connectivity index (χ0v) is 7.68. The van der Waals surface area contributed by atoms with Crippen LogP contribution in [0.3, 0.4) is 0 Å². The van der Waals surface area contributed by atoms with Crippen molar-refractivity contribution in [3.05, 3.63) is 0 Å². The molecule has 4 N–H and O–H groups in total. The van der Waals surface area contributed by atoms with Gasteiger partial charge in [-0.3, -0.25) is 0 Å². The number of rotatable bonds is 4. The van der Waals surface area contributed by atoms with Crippen LogP contribution >= 0.6 is 0 Å². The van der Waals surface area contributed by atoms with Gasteiger partial charge >= 0.3 is 6.03 Å². The molecule has 0 spiro atoms. The quantitative estimate of drug-likeness (QED) is 0.451. The molecule has 0 aromatic rings. The predicted octanol–water partition coefficient (Wildman–Crippen LogP) is -1.11. The Hall–Kier alpha value is -0.810. The topological polar surface area (TPSA) is 73.4 Å². The Morgan fingerprint density at radius 3 is 3.00 bits per heavy atom. The monoisotopic (exact) mass is 187 g/mol. The second-order valence-electron chi connectivity index (χ2n) is 3.22. The van der Waals surface area contributed by atoms with Crippen molar-refractivity contribution in [1.29, 1.82) is 0 Å². The Balaban J connectivity index is 2.00. The summed E-state index contributed by atoms with van der Waals surface area (Å²) >= 11 is 0. The van der Waals surface area contributed by atoms with Gasteiger partial charge in [0.25, 0.3) is 0 Å². The lowest BCUT2D eigenvalue weighted by Crippen LogP contribution is -2.39. The Kier molecular flexibility index (Phi) is 4.56. The van der Waals surface area contributed by atoms with E-state index in [1.54, 1.807) is 0 Å². The summed E-state index contributed by atoms with van der Waals surface area (Å²) in [5.41, 5.74) is 0. The number of aliphatic hydroxyl groups excluding tert-OH is 1. The van der Waals surface area contributed by atoms with E-state index in [1.165, 1.54) is 0 Å². The number of carbonyl (C=O) groups excluding carboxylic acids is 1. The van der Waals surface area contributed by atoms with Crippen molar-refractivity contribution in [1.82, 2.24) is 16.0 Å². The van der Waals surface area contributed by atoms with Gasteiger partial charge in [-0.1, -0.05) is 0 Å². The number of urea groups is 1. The molecule has 1 atom stereocenters. The van der Waals surface area contributed by atoms with Crippen molar-refractivity contribution >= 4 is 6.03 Å². The highest BCUT2D eigenvalue weighted by Gasteiger charge is 2.14. The highest BCUT2D eigenvalue weighted by molar-refractivity contribution is 5.73. The van der Waals surface area contributed by atoms with Gasteiger partial charge in [0.2, 0.25) is 0 Å². The van der Waals surface area contributed by atoms with Crippen molar-refractivity contribution in [2.75, 3.05) is 32.8 Å². The van der Waals surface area contributed by atoms with Crippen LogP contribution in [0.1, 0.15) is 6.42 Å². The number of aliphatic hydroxyl groups is 1. The minimum absolute atomic E-state index is 0.0155. The molecule has 2 amide bonds. The summed E-state index contributed by atoms with van der Waals surface area (Å²) in [5.74, 6) is 0.555. The zero-order valence-electron chi connectivity index (χ0n) is 7.68.